The maximum Gasteiger partial charge on any atom is 0.340 e. The molecular formula is C20H23NO4. The number of ether oxygens (including phenoxy) is 3. The number of esters is 1. The molecule has 1 saturated carbocycles. The van der Waals surface area contributed by atoms with Crippen molar-refractivity contribution in [3.8, 4) is 11.5 Å². The molecule has 0 amide bonds. The second kappa shape index (κ2) is 6.47. The molecule has 5 heteroatoms. The van der Waals surface area contributed by atoms with Crippen molar-refractivity contribution in [3.63, 3.8) is 0 Å². The molecular weight excluding hydrogens is 318 g/mol. The molecule has 1 fully saturated rings. The molecule has 2 aromatic rings. The number of carbonyl (C=O) groups excluding carboxylic acids is 1. The van der Waals surface area contributed by atoms with Crippen LogP contribution in [0.5, 0.6) is 11.5 Å². The van der Waals surface area contributed by atoms with Crippen LogP contribution >= 0.6 is 0 Å². The molecule has 2 atom stereocenters. The van der Waals surface area contributed by atoms with Gasteiger partial charge in [0.1, 0.15) is 17.6 Å². The minimum atomic E-state index is -0.303. The third-order valence-electron chi connectivity index (χ3n) is 5.10. The first kappa shape index (κ1) is 16.1. The fraction of sp³-hybridized carbons (Fsp3) is 0.450. The molecule has 2 aliphatic rings. The second-order valence-corrected chi connectivity index (χ2v) is 6.62. The Bertz CT molecular complexity index is 817. The summed E-state index contributed by atoms with van der Waals surface area (Å²) in [6.07, 6.45) is 4.48. The summed E-state index contributed by atoms with van der Waals surface area (Å²) in [5, 5.41) is 5.53. The molecule has 132 valence electrons. The third kappa shape index (κ3) is 2.77. The zero-order valence-corrected chi connectivity index (χ0v) is 14.6. The lowest BCUT2D eigenvalue weighted by atomic mass is 9.92. The number of nitrogens with one attached hydrogen (secondary N) is 1. The second-order valence-electron chi connectivity index (χ2n) is 6.62. The first-order valence-electron chi connectivity index (χ1n) is 8.96. The highest BCUT2D eigenvalue weighted by atomic mass is 16.5. The lowest BCUT2D eigenvalue weighted by Crippen LogP contribution is -2.39. The van der Waals surface area contributed by atoms with E-state index in [1.54, 1.807) is 7.11 Å². The summed E-state index contributed by atoms with van der Waals surface area (Å²) < 4.78 is 17.1. The maximum atomic E-state index is 12.5. The molecule has 0 aromatic heterocycles. The Morgan fingerprint density at radius 2 is 2.12 bits per heavy atom. The van der Waals surface area contributed by atoms with Crippen molar-refractivity contribution in [1.29, 1.82) is 0 Å². The van der Waals surface area contributed by atoms with Crippen LogP contribution in [0, 0.1) is 0 Å². The van der Waals surface area contributed by atoms with Crippen LogP contribution in [0.25, 0.3) is 10.8 Å². The summed E-state index contributed by atoms with van der Waals surface area (Å²) in [4.78, 5) is 12.5. The third-order valence-corrected chi connectivity index (χ3v) is 5.10. The normalized spacial score (nSPS) is 21.5. The molecule has 4 rings (SSSR count). The maximum absolute atomic E-state index is 12.5. The van der Waals surface area contributed by atoms with E-state index in [2.05, 4.69) is 5.32 Å². The van der Waals surface area contributed by atoms with Crippen LogP contribution in [0.4, 0.5) is 5.69 Å². The Balaban J connectivity index is 1.92. The summed E-state index contributed by atoms with van der Waals surface area (Å²) in [7, 11) is 1.65. The average Bonchev–Trinajstić information content (AvgIpc) is 2.79. The molecule has 2 unspecified atom stereocenters. The predicted octanol–water partition coefficient (Wildman–Crippen LogP) is 4.14. The van der Waals surface area contributed by atoms with Crippen LogP contribution in [-0.2, 0) is 4.74 Å². The molecule has 1 aliphatic heterocycles. The first-order valence-corrected chi connectivity index (χ1v) is 8.96. The molecule has 2 aromatic carbocycles. The number of anilines is 1. The van der Waals surface area contributed by atoms with Gasteiger partial charge in [-0.2, -0.15) is 0 Å². The minimum absolute atomic E-state index is 0.103. The number of rotatable bonds is 3. The van der Waals surface area contributed by atoms with Crippen LogP contribution < -0.4 is 14.8 Å². The highest BCUT2D eigenvalue weighted by Gasteiger charge is 2.33. The van der Waals surface area contributed by atoms with E-state index in [9.17, 15) is 4.79 Å². The van der Waals surface area contributed by atoms with Gasteiger partial charge in [-0.05, 0) is 43.7 Å². The summed E-state index contributed by atoms with van der Waals surface area (Å²) in [6.45, 7) is 2.18. The standard InChI is InChI=1S/C20H23NO4/c1-3-24-20(22)14-9-8-12-10-13(23-2)11-17-18(12)19(14)21-15-6-4-5-7-16(15)25-17/h8-11,15-16,21H,3-7H2,1-2H3. The Morgan fingerprint density at radius 3 is 2.92 bits per heavy atom. The Kier molecular flexibility index (Phi) is 4.15. The van der Waals surface area contributed by atoms with Crippen molar-refractivity contribution in [1.82, 2.24) is 0 Å². The lowest BCUT2D eigenvalue weighted by molar-refractivity contribution is 0.0527. The van der Waals surface area contributed by atoms with Crippen molar-refractivity contribution in [3.05, 3.63) is 29.8 Å². The molecule has 0 saturated heterocycles. The van der Waals surface area contributed by atoms with Crippen molar-refractivity contribution in [2.75, 3.05) is 19.0 Å². The fourth-order valence-electron chi connectivity index (χ4n) is 3.89. The lowest BCUT2D eigenvalue weighted by Gasteiger charge is -2.31. The summed E-state index contributed by atoms with van der Waals surface area (Å²) in [5.74, 6) is 1.23. The van der Waals surface area contributed by atoms with E-state index in [1.807, 2.05) is 31.2 Å². The van der Waals surface area contributed by atoms with Crippen LogP contribution in [0.15, 0.2) is 24.3 Å². The quantitative estimate of drug-likeness (QED) is 0.850. The fourth-order valence-corrected chi connectivity index (χ4v) is 3.89. The Labute approximate surface area is 147 Å². The zero-order chi connectivity index (χ0) is 17.4. The van der Waals surface area contributed by atoms with E-state index in [-0.39, 0.29) is 18.1 Å². The molecule has 0 radical (unpaired) electrons. The van der Waals surface area contributed by atoms with Gasteiger partial charge in [-0.25, -0.2) is 4.79 Å². The molecule has 1 heterocycles. The van der Waals surface area contributed by atoms with E-state index in [1.165, 1.54) is 6.42 Å². The Morgan fingerprint density at radius 1 is 1.28 bits per heavy atom. The number of fused-ring (bicyclic) bond motifs is 1. The van der Waals surface area contributed by atoms with Gasteiger partial charge in [-0.3, -0.25) is 0 Å². The number of carbonyl (C=O) groups is 1. The topological polar surface area (TPSA) is 56.8 Å². The van der Waals surface area contributed by atoms with Crippen molar-refractivity contribution < 1.29 is 19.0 Å². The molecule has 25 heavy (non-hydrogen) atoms. The zero-order valence-electron chi connectivity index (χ0n) is 14.6. The van der Waals surface area contributed by atoms with Gasteiger partial charge in [0, 0.05) is 11.5 Å². The molecule has 0 bridgehead atoms. The molecule has 1 N–H and O–H groups in total. The molecule has 0 spiro atoms. The molecule has 1 aliphatic carbocycles. The van der Waals surface area contributed by atoms with Crippen molar-refractivity contribution >= 4 is 22.4 Å². The minimum Gasteiger partial charge on any atom is -0.497 e. The SMILES string of the molecule is CCOC(=O)c1ccc2cc(OC)cc3c2c1NC1CCCCC1O3. The number of hydrogen-bond donors (Lipinski definition) is 1. The smallest absolute Gasteiger partial charge is 0.340 e. The van der Waals surface area contributed by atoms with Gasteiger partial charge in [0.05, 0.1) is 31.0 Å². The highest BCUT2D eigenvalue weighted by molar-refractivity contribution is 6.09. The van der Waals surface area contributed by atoms with Gasteiger partial charge >= 0.3 is 5.97 Å². The van der Waals surface area contributed by atoms with E-state index < -0.39 is 0 Å². The van der Waals surface area contributed by atoms with Crippen LogP contribution in [0.1, 0.15) is 43.0 Å². The van der Waals surface area contributed by atoms with E-state index >= 15 is 0 Å². The van der Waals surface area contributed by atoms with Crippen LogP contribution in [0.2, 0.25) is 0 Å². The van der Waals surface area contributed by atoms with Gasteiger partial charge in [-0.1, -0.05) is 12.5 Å². The number of benzene rings is 2. The highest BCUT2D eigenvalue weighted by Crippen LogP contribution is 2.43. The number of methoxy groups -OCH3 is 1. The summed E-state index contributed by atoms with van der Waals surface area (Å²) in [5.41, 5.74) is 1.39. The number of hydrogen-bond acceptors (Lipinski definition) is 5. The van der Waals surface area contributed by atoms with Gasteiger partial charge in [-0.15, -0.1) is 0 Å². The molecule has 5 nitrogen and oxygen atoms in total. The van der Waals surface area contributed by atoms with E-state index in [0.29, 0.717) is 12.2 Å². The van der Waals surface area contributed by atoms with Gasteiger partial charge in [0.25, 0.3) is 0 Å². The first-order chi connectivity index (χ1) is 12.2. The van der Waals surface area contributed by atoms with E-state index in [4.69, 9.17) is 14.2 Å². The van der Waals surface area contributed by atoms with Crippen LogP contribution in [-0.4, -0.2) is 31.8 Å². The van der Waals surface area contributed by atoms with Crippen molar-refractivity contribution in [2.45, 2.75) is 44.8 Å². The monoisotopic (exact) mass is 341 g/mol. The summed E-state index contributed by atoms with van der Waals surface area (Å²) >= 11 is 0. The van der Waals surface area contributed by atoms with Gasteiger partial charge in [0.2, 0.25) is 0 Å². The summed E-state index contributed by atoms with van der Waals surface area (Å²) in [6, 6.07) is 7.84. The van der Waals surface area contributed by atoms with E-state index in [0.717, 1.165) is 47.2 Å². The van der Waals surface area contributed by atoms with Gasteiger partial charge in [0.15, 0.2) is 0 Å². The Hall–Kier alpha value is -2.43. The average molecular weight is 341 g/mol. The van der Waals surface area contributed by atoms with Gasteiger partial charge < -0.3 is 19.5 Å². The predicted molar refractivity (Wildman–Crippen MR) is 96.8 cm³/mol. The largest absolute Gasteiger partial charge is 0.497 e. The van der Waals surface area contributed by atoms with Crippen molar-refractivity contribution in [2.24, 2.45) is 0 Å². The van der Waals surface area contributed by atoms with Crippen LogP contribution in [0.3, 0.4) is 0 Å².